The summed E-state index contributed by atoms with van der Waals surface area (Å²) in [5.41, 5.74) is 0.723. The molecule has 5 heteroatoms. The maximum atomic E-state index is 12.5. The molecule has 2 aliphatic heterocycles. The number of carbonyl (C=O) groups is 2. The molecule has 3 rings (SSSR count). The largest absolute Gasteiger partial charge is 0.339 e. The summed E-state index contributed by atoms with van der Waals surface area (Å²) >= 11 is 0. The highest BCUT2D eigenvalue weighted by atomic mass is 16.2. The molecule has 2 heterocycles. The summed E-state index contributed by atoms with van der Waals surface area (Å²) in [7, 11) is 0. The SMILES string of the molecule is O=C(c1ccccc1)N1CCN(C(=O)C2CCNCC2)CC1. The summed E-state index contributed by atoms with van der Waals surface area (Å²) in [4.78, 5) is 28.7. The van der Waals surface area contributed by atoms with Gasteiger partial charge in [-0.1, -0.05) is 18.2 Å². The molecule has 118 valence electrons. The van der Waals surface area contributed by atoms with Crippen LogP contribution in [0, 0.1) is 5.92 Å². The molecule has 22 heavy (non-hydrogen) atoms. The van der Waals surface area contributed by atoms with Crippen LogP contribution in [-0.2, 0) is 4.79 Å². The molecule has 2 saturated heterocycles. The van der Waals surface area contributed by atoms with Gasteiger partial charge in [-0.2, -0.15) is 0 Å². The summed E-state index contributed by atoms with van der Waals surface area (Å²) in [6.45, 7) is 4.43. The zero-order chi connectivity index (χ0) is 15.4. The molecule has 0 bridgehead atoms. The van der Waals surface area contributed by atoms with Gasteiger partial charge in [0.25, 0.3) is 5.91 Å². The molecule has 2 amide bonds. The lowest BCUT2D eigenvalue weighted by Gasteiger charge is -2.37. The van der Waals surface area contributed by atoms with Crippen LogP contribution in [0.25, 0.3) is 0 Å². The molecule has 0 radical (unpaired) electrons. The van der Waals surface area contributed by atoms with E-state index in [2.05, 4.69) is 5.32 Å². The maximum Gasteiger partial charge on any atom is 0.253 e. The Labute approximate surface area is 131 Å². The molecule has 0 aliphatic carbocycles. The minimum Gasteiger partial charge on any atom is -0.339 e. The van der Waals surface area contributed by atoms with Gasteiger partial charge in [0.15, 0.2) is 0 Å². The predicted octanol–water partition coefficient (Wildman–Crippen LogP) is 0.971. The van der Waals surface area contributed by atoms with Crippen molar-refractivity contribution in [3.63, 3.8) is 0 Å². The van der Waals surface area contributed by atoms with Crippen molar-refractivity contribution in [2.24, 2.45) is 5.92 Å². The van der Waals surface area contributed by atoms with Crippen molar-refractivity contribution in [3.8, 4) is 0 Å². The van der Waals surface area contributed by atoms with E-state index in [-0.39, 0.29) is 17.7 Å². The van der Waals surface area contributed by atoms with Crippen LogP contribution in [0.2, 0.25) is 0 Å². The standard InChI is InChI=1S/C17H23N3O2/c21-16(14-4-2-1-3-5-14)19-10-12-20(13-11-19)17(22)15-6-8-18-9-7-15/h1-5,15,18H,6-13H2. The number of piperazine rings is 1. The number of hydrogen-bond donors (Lipinski definition) is 1. The van der Waals surface area contributed by atoms with Crippen molar-refractivity contribution >= 4 is 11.8 Å². The van der Waals surface area contributed by atoms with Crippen LogP contribution in [-0.4, -0.2) is 60.9 Å². The lowest BCUT2D eigenvalue weighted by atomic mass is 9.96. The van der Waals surface area contributed by atoms with E-state index in [1.807, 2.05) is 40.1 Å². The number of rotatable bonds is 2. The van der Waals surface area contributed by atoms with Crippen LogP contribution in [0.15, 0.2) is 30.3 Å². The molecule has 0 atom stereocenters. The minimum absolute atomic E-state index is 0.0644. The fraction of sp³-hybridized carbons (Fsp3) is 0.529. The Bertz CT molecular complexity index is 518. The fourth-order valence-electron chi connectivity index (χ4n) is 3.22. The van der Waals surface area contributed by atoms with Crippen LogP contribution >= 0.6 is 0 Å². The van der Waals surface area contributed by atoms with Gasteiger partial charge in [-0.25, -0.2) is 0 Å². The first-order valence-corrected chi connectivity index (χ1v) is 8.09. The molecule has 1 N–H and O–H groups in total. The van der Waals surface area contributed by atoms with E-state index < -0.39 is 0 Å². The van der Waals surface area contributed by atoms with Crippen molar-refractivity contribution in [1.82, 2.24) is 15.1 Å². The third-order valence-electron chi connectivity index (χ3n) is 4.59. The van der Waals surface area contributed by atoms with E-state index >= 15 is 0 Å². The third-order valence-corrected chi connectivity index (χ3v) is 4.59. The van der Waals surface area contributed by atoms with Crippen LogP contribution in [0.3, 0.4) is 0 Å². The van der Waals surface area contributed by atoms with E-state index in [4.69, 9.17) is 0 Å². The van der Waals surface area contributed by atoms with Gasteiger partial charge in [0, 0.05) is 37.7 Å². The molecule has 2 fully saturated rings. The average Bonchev–Trinajstić information content (AvgIpc) is 2.62. The molecule has 1 aromatic rings. The lowest BCUT2D eigenvalue weighted by Crippen LogP contribution is -2.52. The summed E-state index contributed by atoms with van der Waals surface area (Å²) < 4.78 is 0. The van der Waals surface area contributed by atoms with E-state index in [1.54, 1.807) is 0 Å². The molecule has 0 unspecified atom stereocenters. The maximum absolute atomic E-state index is 12.5. The van der Waals surface area contributed by atoms with Crippen molar-refractivity contribution < 1.29 is 9.59 Å². The molecular formula is C17H23N3O2. The fourth-order valence-corrected chi connectivity index (χ4v) is 3.22. The molecule has 0 saturated carbocycles. The number of nitrogens with zero attached hydrogens (tertiary/aromatic N) is 2. The zero-order valence-electron chi connectivity index (χ0n) is 12.8. The Morgan fingerprint density at radius 2 is 1.50 bits per heavy atom. The van der Waals surface area contributed by atoms with Gasteiger partial charge in [-0.15, -0.1) is 0 Å². The Morgan fingerprint density at radius 1 is 0.909 bits per heavy atom. The average molecular weight is 301 g/mol. The second-order valence-corrected chi connectivity index (χ2v) is 6.01. The Morgan fingerprint density at radius 3 is 2.14 bits per heavy atom. The van der Waals surface area contributed by atoms with Gasteiger partial charge in [0.05, 0.1) is 0 Å². The molecule has 5 nitrogen and oxygen atoms in total. The lowest BCUT2D eigenvalue weighted by molar-refractivity contribution is -0.137. The van der Waals surface area contributed by atoms with Crippen molar-refractivity contribution in [3.05, 3.63) is 35.9 Å². The first-order chi connectivity index (χ1) is 10.8. The van der Waals surface area contributed by atoms with Gasteiger partial charge in [-0.3, -0.25) is 9.59 Å². The normalized spacial score (nSPS) is 20.0. The smallest absolute Gasteiger partial charge is 0.253 e. The van der Waals surface area contributed by atoms with Crippen LogP contribution in [0.1, 0.15) is 23.2 Å². The minimum atomic E-state index is 0.0644. The zero-order valence-corrected chi connectivity index (χ0v) is 12.8. The quantitative estimate of drug-likeness (QED) is 0.885. The van der Waals surface area contributed by atoms with Gasteiger partial charge in [0.2, 0.25) is 5.91 Å². The van der Waals surface area contributed by atoms with Gasteiger partial charge in [-0.05, 0) is 38.1 Å². The molecular weight excluding hydrogens is 278 g/mol. The van der Waals surface area contributed by atoms with Crippen molar-refractivity contribution in [2.45, 2.75) is 12.8 Å². The van der Waals surface area contributed by atoms with E-state index in [0.29, 0.717) is 26.2 Å². The second-order valence-electron chi connectivity index (χ2n) is 6.01. The Kier molecular flexibility index (Phi) is 4.73. The number of carbonyl (C=O) groups excluding carboxylic acids is 2. The van der Waals surface area contributed by atoms with Crippen molar-refractivity contribution in [1.29, 1.82) is 0 Å². The monoisotopic (exact) mass is 301 g/mol. The number of benzene rings is 1. The summed E-state index contributed by atoms with van der Waals surface area (Å²) in [6.07, 6.45) is 1.87. The Balaban J connectivity index is 1.54. The van der Waals surface area contributed by atoms with E-state index in [1.165, 1.54) is 0 Å². The van der Waals surface area contributed by atoms with E-state index in [9.17, 15) is 9.59 Å². The Hall–Kier alpha value is -1.88. The van der Waals surface area contributed by atoms with Crippen LogP contribution in [0.5, 0.6) is 0 Å². The summed E-state index contributed by atoms with van der Waals surface area (Å²) in [5, 5.41) is 3.29. The predicted molar refractivity (Wildman–Crippen MR) is 84.5 cm³/mol. The van der Waals surface area contributed by atoms with E-state index in [0.717, 1.165) is 31.5 Å². The molecule has 1 aromatic carbocycles. The van der Waals surface area contributed by atoms with Crippen LogP contribution < -0.4 is 5.32 Å². The highest BCUT2D eigenvalue weighted by molar-refractivity contribution is 5.94. The highest BCUT2D eigenvalue weighted by Crippen LogP contribution is 2.17. The van der Waals surface area contributed by atoms with Crippen molar-refractivity contribution in [2.75, 3.05) is 39.3 Å². The van der Waals surface area contributed by atoms with Gasteiger partial charge < -0.3 is 15.1 Å². The first kappa shape index (κ1) is 15.0. The summed E-state index contributed by atoms with van der Waals surface area (Å²) in [6, 6.07) is 9.35. The van der Waals surface area contributed by atoms with Gasteiger partial charge >= 0.3 is 0 Å². The van der Waals surface area contributed by atoms with Crippen LogP contribution in [0.4, 0.5) is 0 Å². The number of nitrogens with one attached hydrogen (secondary N) is 1. The summed E-state index contributed by atoms with van der Waals surface area (Å²) in [5.74, 6) is 0.500. The number of hydrogen-bond acceptors (Lipinski definition) is 3. The number of amides is 2. The number of piperidine rings is 1. The molecule has 0 spiro atoms. The topological polar surface area (TPSA) is 52.7 Å². The third kappa shape index (κ3) is 3.30. The first-order valence-electron chi connectivity index (χ1n) is 8.09. The second kappa shape index (κ2) is 6.92. The highest BCUT2D eigenvalue weighted by Gasteiger charge is 2.29. The molecule has 0 aromatic heterocycles. The van der Waals surface area contributed by atoms with Gasteiger partial charge in [0.1, 0.15) is 0 Å². The molecule has 2 aliphatic rings.